The second-order valence-corrected chi connectivity index (χ2v) is 7.59. The summed E-state index contributed by atoms with van der Waals surface area (Å²) in [5, 5.41) is 7.50. The lowest BCUT2D eigenvalue weighted by atomic mass is 9.86. The molecule has 1 N–H and O–H groups in total. The lowest BCUT2D eigenvalue weighted by molar-refractivity contribution is 0.102. The van der Waals surface area contributed by atoms with E-state index in [1.165, 1.54) is 0 Å². The van der Waals surface area contributed by atoms with Gasteiger partial charge in [-0.3, -0.25) is 4.79 Å². The lowest BCUT2D eigenvalue weighted by Gasteiger charge is -2.23. The Morgan fingerprint density at radius 2 is 1.65 bits per heavy atom. The third-order valence-corrected chi connectivity index (χ3v) is 4.58. The molecule has 1 amide bonds. The molecule has 1 aromatic heterocycles. The predicted molar refractivity (Wildman–Crippen MR) is 106 cm³/mol. The van der Waals surface area contributed by atoms with Gasteiger partial charge in [0.25, 0.3) is 5.91 Å². The van der Waals surface area contributed by atoms with Gasteiger partial charge in [-0.25, -0.2) is 4.68 Å². The zero-order chi connectivity index (χ0) is 18.9. The summed E-state index contributed by atoms with van der Waals surface area (Å²) in [7, 11) is 0. The molecule has 2 aromatic carbocycles. The van der Waals surface area contributed by atoms with E-state index in [0.29, 0.717) is 5.56 Å². The average molecular weight is 347 g/mol. The van der Waals surface area contributed by atoms with Gasteiger partial charge in [-0.2, -0.15) is 5.10 Å². The molecule has 0 bridgehead atoms. The van der Waals surface area contributed by atoms with Crippen molar-refractivity contribution >= 4 is 11.6 Å². The smallest absolute Gasteiger partial charge is 0.259 e. The summed E-state index contributed by atoms with van der Waals surface area (Å²) < 4.78 is 1.82. The number of amides is 1. The van der Waals surface area contributed by atoms with Crippen molar-refractivity contribution in [2.45, 2.75) is 40.0 Å². The van der Waals surface area contributed by atoms with E-state index in [1.807, 2.05) is 61.0 Å². The van der Waals surface area contributed by atoms with Crippen molar-refractivity contribution < 1.29 is 4.79 Å². The molecule has 3 aromatic rings. The van der Waals surface area contributed by atoms with Crippen molar-refractivity contribution in [2.75, 3.05) is 5.32 Å². The summed E-state index contributed by atoms with van der Waals surface area (Å²) in [5.41, 5.74) is 5.40. The van der Waals surface area contributed by atoms with Crippen LogP contribution in [-0.4, -0.2) is 15.7 Å². The van der Waals surface area contributed by atoms with Crippen molar-refractivity contribution in [1.29, 1.82) is 0 Å². The number of carbonyl (C=O) groups is 1. The number of rotatable bonds is 3. The van der Waals surface area contributed by atoms with Crippen LogP contribution >= 0.6 is 0 Å². The first kappa shape index (κ1) is 17.9. The van der Waals surface area contributed by atoms with Crippen LogP contribution in [0.15, 0.2) is 54.7 Å². The number of benzene rings is 2. The zero-order valence-electron chi connectivity index (χ0n) is 16.0. The third-order valence-electron chi connectivity index (χ3n) is 4.58. The Bertz CT molecular complexity index is 948. The Labute approximate surface area is 154 Å². The van der Waals surface area contributed by atoms with Crippen LogP contribution < -0.4 is 5.32 Å². The Balaban J connectivity index is 1.93. The molecule has 0 spiro atoms. The molecule has 0 unspecified atom stereocenters. The van der Waals surface area contributed by atoms with Crippen LogP contribution in [0.5, 0.6) is 0 Å². The van der Waals surface area contributed by atoms with E-state index in [0.717, 1.165) is 28.2 Å². The summed E-state index contributed by atoms with van der Waals surface area (Å²) in [6.45, 7) is 10.4. The maximum absolute atomic E-state index is 12.9. The Hall–Kier alpha value is -2.88. The first-order chi connectivity index (χ1) is 12.3. The quantitative estimate of drug-likeness (QED) is 0.721. The lowest BCUT2D eigenvalue weighted by Crippen LogP contribution is -2.19. The topological polar surface area (TPSA) is 46.9 Å². The first-order valence-electron chi connectivity index (χ1n) is 8.80. The second-order valence-electron chi connectivity index (χ2n) is 7.59. The number of para-hydroxylation sites is 2. The molecule has 3 rings (SSSR count). The molecule has 0 atom stereocenters. The van der Waals surface area contributed by atoms with Gasteiger partial charge in [0.2, 0.25) is 0 Å². The molecule has 0 aliphatic heterocycles. The Morgan fingerprint density at radius 3 is 2.35 bits per heavy atom. The van der Waals surface area contributed by atoms with E-state index in [2.05, 4.69) is 37.3 Å². The number of aryl methyl sites for hydroxylation is 1. The Kier molecular flexibility index (Phi) is 4.68. The van der Waals surface area contributed by atoms with Gasteiger partial charge in [-0.05, 0) is 42.5 Å². The molecule has 1 heterocycles. The average Bonchev–Trinajstić information content (AvgIpc) is 2.96. The molecule has 0 fully saturated rings. The number of aromatic nitrogens is 2. The summed E-state index contributed by atoms with van der Waals surface area (Å²) >= 11 is 0. The molecule has 0 aliphatic carbocycles. The summed E-state index contributed by atoms with van der Waals surface area (Å²) in [4.78, 5) is 12.9. The van der Waals surface area contributed by atoms with Crippen LogP contribution in [0, 0.1) is 13.8 Å². The van der Waals surface area contributed by atoms with Crippen molar-refractivity contribution in [1.82, 2.24) is 9.78 Å². The minimum absolute atomic E-state index is 0.0513. The maximum atomic E-state index is 12.9. The van der Waals surface area contributed by atoms with Gasteiger partial charge in [-0.1, -0.05) is 57.2 Å². The van der Waals surface area contributed by atoms with Crippen LogP contribution in [-0.2, 0) is 5.41 Å². The van der Waals surface area contributed by atoms with E-state index in [1.54, 1.807) is 6.20 Å². The largest absolute Gasteiger partial charge is 0.322 e. The van der Waals surface area contributed by atoms with Crippen molar-refractivity contribution in [2.24, 2.45) is 0 Å². The van der Waals surface area contributed by atoms with Gasteiger partial charge >= 0.3 is 0 Å². The fourth-order valence-electron chi connectivity index (χ4n) is 3.11. The fraction of sp³-hybridized carbons (Fsp3) is 0.273. The number of hydrogen-bond donors (Lipinski definition) is 1. The number of carbonyl (C=O) groups excluding carboxylic acids is 1. The SMILES string of the molecule is Cc1ccccc1-n1ncc(C(=O)Nc2ccccc2C(C)(C)C)c1C. The first-order valence-corrected chi connectivity index (χ1v) is 8.80. The minimum Gasteiger partial charge on any atom is -0.322 e. The highest BCUT2D eigenvalue weighted by atomic mass is 16.1. The minimum atomic E-state index is -0.140. The molecule has 0 radical (unpaired) electrons. The Morgan fingerprint density at radius 1 is 1.00 bits per heavy atom. The van der Waals surface area contributed by atoms with Gasteiger partial charge in [0.15, 0.2) is 0 Å². The van der Waals surface area contributed by atoms with Gasteiger partial charge in [0, 0.05) is 5.69 Å². The van der Waals surface area contributed by atoms with E-state index in [4.69, 9.17) is 0 Å². The summed E-state index contributed by atoms with van der Waals surface area (Å²) in [6, 6.07) is 15.9. The van der Waals surface area contributed by atoms with E-state index >= 15 is 0 Å². The standard InChI is InChI=1S/C22H25N3O/c1-15-10-6-9-13-20(15)25-16(2)17(14-23-25)21(26)24-19-12-8-7-11-18(19)22(3,4)5/h6-14H,1-5H3,(H,24,26). The molecule has 0 saturated carbocycles. The molecular weight excluding hydrogens is 322 g/mol. The molecule has 4 nitrogen and oxygen atoms in total. The fourth-order valence-corrected chi connectivity index (χ4v) is 3.11. The molecule has 26 heavy (non-hydrogen) atoms. The van der Waals surface area contributed by atoms with Crippen molar-refractivity contribution in [3.8, 4) is 5.69 Å². The van der Waals surface area contributed by atoms with Crippen LogP contribution in [0.1, 0.15) is 48.0 Å². The van der Waals surface area contributed by atoms with Crippen LogP contribution in [0.4, 0.5) is 5.69 Å². The highest BCUT2D eigenvalue weighted by Gasteiger charge is 2.21. The predicted octanol–water partition coefficient (Wildman–Crippen LogP) is 5.04. The van der Waals surface area contributed by atoms with Gasteiger partial charge < -0.3 is 5.32 Å². The monoisotopic (exact) mass is 347 g/mol. The normalized spacial score (nSPS) is 11.4. The molecule has 0 saturated heterocycles. The summed E-state index contributed by atoms with van der Waals surface area (Å²) in [5.74, 6) is -0.140. The van der Waals surface area contributed by atoms with Gasteiger partial charge in [-0.15, -0.1) is 0 Å². The highest BCUT2D eigenvalue weighted by molar-refractivity contribution is 6.05. The van der Waals surface area contributed by atoms with Gasteiger partial charge in [0.05, 0.1) is 23.1 Å². The van der Waals surface area contributed by atoms with Gasteiger partial charge in [0.1, 0.15) is 0 Å². The number of hydrogen-bond acceptors (Lipinski definition) is 2. The van der Waals surface area contributed by atoms with Crippen LogP contribution in [0.25, 0.3) is 5.69 Å². The van der Waals surface area contributed by atoms with Crippen LogP contribution in [0.3, 0.4) is 0 Å². The van der Waals surface area contributed by atoms with E-state index in [-0.39, 0.29) is 11.3 Å². The summed E-state index contributed by atoms with van der Waals surface area (Å²) in [6.07, 6.45) is 1.64. The zero-order valence-corrected chi connectivity index (χ0v) is 16.0. The van der Waals surface area contributed by atoms with E-state index < -0.39 is 0 Å². The van der Waals surface area contributed by atoms with Crippen LogP contribution in [0.2, 0.25) is 0 Å². The molecular formula is C22H25N3O. The number of nitrogens with one attached hydrogen (secondary N) is 1. The van der Waals surface area contributed by atoms with Crippen molar-refractivity contribution in [3.05, 3.63) is 77.1 Å². The number of nitrogens with zero attached hydrogens (tertiary/aromatic N) is 2. The maximum Gasteiger partial charge on any atom is 0.259 e. The van der Waals surface area contributed by atoms with Crippen molar-refractivity contribution in [3.63, 3.8) is 0 Å². The molecule has 0 aliphatic rings. The second kappa shape index (κ2) is 6.79. The third kappa shape index (κ3) is 3.40. The number of anilines is 1. The van der Waals surface area contributed by atoms with E-state index in [9.17, 15) is 4.79 Å². The molecule has 4 heteroatoms. The molecule has 134 valence electrons. The highest BCUT2D eigenvalue weighted by Crippen LogP contribution is 2.29.